The monoisotopic (exact) mass is 305 g/mol. The number of hydrogen-bond donors (Lipinski definition) is 1. The predicted octanol–water partition coefficient (Wildman–Crippen LogP) is 3.56. The third-order valence-electron chi connectivity index (χ3n) is 3.79. The average Bonchev–Trinajstić information content (AvgIpc) is 2.95. The largest absolute Gasteiger partial charge is 0.349 e. The fourth-order valence-electron chi connectivity index (χ4n) is 2.65. The van der Waals surface area contributed by atoms with Gasteiger partial charge < -0.3 is 9.88 Å². The summed E-state index contributed by atoms with van der Waals surface area (Å²) >= 11 is 0. The van der Waals surface area contributed by atoms with Crippen LogP contribution in [-0.2, 0) is 11.3 Å². The lowest BCUT2D eigenvalue weighted by Gasteiger charge is -2.12. The van der Waals surface area contributed by atoms with Crippen LogP contribution in [0.1, 0.15) is 24.4 Å². The Morgan fingerprint density at radius 2 is 1.87 bits per heavy atom. The standard InChI is InChI=1S/C19H19N3O/c1-15(20-14-23)19-21-17-11-5-6-12-18(17)22(19)13-7-10-16-8-3-2-4-9-16/h2-12,14-15H,13H2,1H3,(H,20,23)/b10-7+/t15-/m0/s1. The smallest absolute Gasteiger partial charge is 0.207 e. The zero-order valence-electron chi connectivity index (χ0n) is 13.0. The first kappa shape index (κ1) is 15.0. The van der Waals surface area contributed by atoms with Crippen molar-refractivity contribution in [1.82, 2.24) is 14.9 Å². The van der Waals surface area contributed by atoms with E-state index in [0.717, 1.165) is 22.4 Å². The molecule has 0 aliphatic rings. The van der Waals surface area contributed by atoms with Crippen molar-refractivity contribution in [3.8, 4) is 0 Å². The summed E-state index contributed by atoms with van der Waals surface area (Å²) in [4.78, 5) is 15.4. The molecule has 3 aromatic rings. The van der Waals surface area contributed by atoms with Crippen LogP contribution < -0.4 is 5.32 Å². The number of aromatic nitrogens is 2. The van der Waals surface area contributed by atoms with Crippen molar-refractivity contribution < 1.29 is 4.79 Å². The SMILES string of the molecule is C[C@H](NC=O)c1nc2ccccc2n1C/C=C/c1ccccc1. The summed E-state index contributed by atoms with van der Waals surface area (Å²) in [5, 5.41) is 2.78. The van der Waals surface area contributed by atoms with E-state index in [-0.39, 0.29) is 6.04 Å². The fraction of sp³-hybridized carbons (Fsp3) is 0.158. The van der Waals surface area contributed by atoms with E-state index in [2.05, 4.69) is 45.2 Å². The van der Waals surface area contributed by atoms with Gasteiger partial charge in [0.05, 0.1) is 17.1 Å². The third kappa shape index (κ3) is 3.31. The van der Waals surface area contributed by atoms with Crippen LogP contribution in [0, 0.1) is 0 Å². The lowest BCUT2D eigenvalue weighted by atomic mass is 10.2. The highest BCUT2D eigenvalue weighted by atomic mass is 16.1. The molecule has 0 unspecified atom stereocenters. The van der Waals surface area contributed by atoms with Gasteiger partial charge in [-0.3, -0.25) is 4.79 Å². The normalized spacial score (nSPS) is 12.6. The van der Waals surface area contributed by atoms with E-state index in [1.165, 1.54) is 0 Å². The number of hydrogen-bond acceptors (Lipinski definition) is 2. The molecule has 0 saturated heterocycles. The number of rotatable bonds is 6. The van der Waals surface area contributed by atoms with Crippen LogP contribution in [0.5, 0.6) is 0 Å². The first-order chi connectivity index (χ1) is 11.3. The van der Waals surface area contributed by atoms with Crippen LogP contribution in [0.3, 0.4) is 0 Å². The molecule has 4 nitrogen and oxygen atoms in total. The van der Waals surface area contributed by atoms with Crippen LogP contribution in [0.4, 0.5) is 0 Å². The molecule has 4 heteroatoms. The number of amides is 1. The van der Waals surface area contributed by atoms with Crippen molar-refractivity contribution >= 4 is 23.5 Å². The third-order valence-corrected chi connectivity index (χ3v) is 3.79. The molecule has 0 spiro atoms. The molecule has 1 atom stereocenters. The number of fused-ring (bicyclic) bond motifs is 1. The molecule has 0 saturated carbocycles. The van der Waals surface area contributed by atoms with Gasteiger partial charge in [-0.05, 0) is 24.6 Å². The van der Waals surface area contributed by atoms with E-state index in [1.807, 2.05) is 43.3 Å². The molecule has 0 radical (unpaired) electrons. The predicted molar refractivity (Wildman–Crippen MR) is 92.8 cm³/mol. The Morgan fingerprint density at radius 1 is 1.13 bits per heavy atom. The maximum Gasteiger partial charge on any atom is 0.207 e. The van der Waals surface area contributed by atoms with Crippen molar-refractivity contribution in [2.45, 2.75) is 19.5 Å². The van der Waals surface area contributed by atoms with E-state index in [9.17, 15) is 4.79 Å². The summed E-state index contributed by atoms with van der Waals surface area (Å²) in [6.45, 7) is 2.64. The van der Waals surface area contributed by atoms with Crippen molar-refractivity contribution in [2.75, 3.05) is 0 Å². The van der Waals surface area contributed by atoms with E-state index in [0.29, 0.717) is 13.0 Å². The molecule has 116 valence electrons. The second kappa shape index (κ2) is 6.92. The number of benzene rings is 2. The zero-order chi connectivity index (χ0) is 16.1. The van der Waals surface area contributed by atoms with Gasteiger partial charge in [-0.25, -0.2) is 4.98 Å². The Balaban J connectivity index is 1.93. The minimum Gasteiger partial charge on any atom is -0.349 e. The first-order valence-electron chi connectivity index (χ1n) is 7.66. The summed E-state index contributed by atoms with van der Waals surface area (Å²) in [5.74, 6) is 0.857. The molecule has 3 rings (SSSR count). The second-order valence-electron chi connectivity index (χ2n) is 5.39. The molecule has 2 aromatic carbocycles. The molecule has 1 amide bonds. The number of carbonyl (C=O) groups excluding carboxylic acids is 1. The Bertz CT molecular complexity index is 821. The van der Waals surface area contributed by atoms with Gasteiger partial charge >= 0.3 is 0 Å². The van der Waals surface area contributed by atoms with Crippen LogP contribution in [0.2, 0.25) is 0 Å². The maximum absolute atomic E-state index is 10.8. The van der Waals surface area contributed by atoms with Crippen LogP contribution in [-0.4, -0.2) is 16.0 Å². The van der Waals surface area contributed by atoms with Crippen molar-refractivity contribution in [1.29, 1.82) is 0 Å². The highest BCUT2D eigenvalue weighted by Crippen LogP contribution is 2.20. The van der Waals surface area contributed by atoms with Gasteiger partial charge in [0.25, 0.3) is 0 Å². The van der Waals surface area contributed by atoms with Gasteiger partial charge in [0.1, 0.15) is 5.82 Å². The number of para-hydroxylation sites is 2. The fourth-order valence-corrected chi connectivity index (χ4v) is 2.65. The van der Waals surface area contributed by atoms with Gasteiger partial charge in [0.2, 0.25) is 6.41 Å². The molecule has 1 N–H and O–H groups in total. The molecular weight excluding hydrogens is 286 g/mol. The Hall–Kier alpha value is -2.88. The number of nitrogens with one attached hydrogen (secondary N) is 1. The van der Waals surface area contributed by atoms with Crippen LogP contribution >= 0.6 is 0 Å². The average molecular weight is 305 g/mol. The highest BCUT2D eigenvalue weighted by Gasteiger charge is 2.14. The summed E-state index contributed by atoms with van der Waals surface area (Å²) in [6.07, 6.45) is 4.92. The number of imidazole rings is 1. The van der Waals surface area contributed by atoms with Crippen LogP contribution in [0.15, 0.2) is 60.7 Å². The summed E-state index contributed by atoms with van der Waals surface area (Å²) in [5.41, 5.74) is 3.17. The Labute approximate surface area is 135 Å². The summed E-state index contributed by atoms with van der Waals surface area (Å²) < 4.78 is 2.13. The molecule has 0 aliphatic heterocycles. The van der Waals surface area contributed by atoms with Crippen molar-refractivity contribution in [3.63, 3.8) is 0 Å². The number of carbonyl (C=O) groups is 1. The first-order valence-corrected chi connectivity index (χ1v) is 7.66. The van der Waals surface area contributed by atoms with Crippen molar-refractivity contribution in [3.05, 3.63) is 72.1 Å². The highest BCUT2D eigenvalue weighted by molar-refractivity contribution is 5.76. The maximum atomic E-state index is 10.8. The molecule has 1 aromatic heterocycles. The van der Waals surface area contributed by atoms with Gasteiger partial charge in [-0.15, -0.1) is 0 Å². The number of nitrogens with zero attached hydrogens (tertiary/aromatic N) is 2. The minimum atomic E-state index is -0.134. The van der Waals surface area contributed by atoms with E-state index < -0.39 is 0 Å². The summed E-state index contributed by atoms with van der Waals surface area (Å²) in [7, 11) is 0. The number of allylic oxidation sites excluding steroid dienone is 1. The Morgan fingerprint density at radius 3 is 2.65 bits per heavy atom. The molecule has 23 heavy (non-hydrogen) atoms. The zero-order valence-corrected chi connectivity index (χ0v) is 13.0. The molecule has 0 aliphatic carbocycles. The lowest BCUT2D eigenvalue weighted by Crippen LogP contribution is -2.20. The van der Waals surface area contributed by atoms with E-state index in [1.54, 1.807) is 0 Å². The van der Waals surface area contributed by atoms with Gasteiger partial charge in [-0.1, -0.05) is 54.6 Å². The van der Waals surface area contributed by atoms with Gasteiger partial charge in [0.15, 0.2) is 0 Å². The topological polar surface area (TPSA) is 46.9 Å². The lowest BCUT2D eigenvalue weighted by molar-refractivity contribution is -0.110. The van der Waals surface area contributed by atoms with Gasteiger partial charge in [-0.2, -0.15) is 0 Å². The quantitative estimate of drug-likeness (QED) is 0.708. The van der Waals surface area contributed by atoms with E-state index >= 15 is 0 Å². The second-order valence-corrected chi connectivity index (χ2v) is 5.39. The molecular formula is C19H19N3O. The van der Waals surface area contributed by atoms with Gasteiger partial charge in [0, 0.05) is 6.54 Å². The molecule has 0 bridgehead atoms. The summed E-state index contributed by atoms with van der Waals surface area (Å²) in [6, 6.07) is 18.1. The minimum absolute atomic E-state index is 0.134. The molecule has 0 fully saturated rings. The van der Waals surface area contributed by atoms with E-state index in [4.69, 9.17) is 0 Å². The van der Waals surface area contributed by atoms with Crippen molar-refractivity contribution in [2.24, 2.45) is 0 Å². The molecule has 1 heterocycles. The Kier molecular flexibility index (Phi) is 4.52. The van der Waals surface area contributed by atoms with Crippen LogP contribution in [0.25, 0.3) is 17.1 Å².